The van der Waals surface area contributed by atoms with E-state index in [1.165, 1.54) is 6.92 Å². The number of ketones is 2. The van der Waals surface area contributed by atoms with E-state index in [1.54, 1.807) is 18.2 Å². The fourth-order valence-corrected chi connectivity index (χ4v) is 3.30. The van der Waals surface area contributed by atoms with Crippen LogP contribution >= 0.6 is 0 Å². The summed E-state index contributed by atoms with van der Waals surface area (Å²) in [6.45, 7) is 3.28. The molecule has 0 bridgehead atoms. The molecule has 1 heterocycles. The quantitative estimate of drug-likeness (QED) is 0.564. The van der Waals surface area contributed by atoms with Gasteiger partial charge in [0.2, 0.25) is 5.78 Å². The first-order chi connectivity index (χ1) is 14.0. The highest BCUT2D eigenvalue weighted by molar-refractivity contribution is 6.15. The lowest BCUT2D eigenvalue weighted by Crippen LogP contribution is -2.06. The second-order valence-corrected chi connectivity index (χ2v) is 7.03. The van der Waals surface area contributed by atoms with Crippen molar-refractivity contribution in [1.29, 1.82) is 0 Å². The Morgan fingerprint density at radius 3 is 2.38 bits per heavy atom. The van der Waals surface area contributed by atoms with E-state index in [9.17, 15) is 9.59 Å². The average Bonchev–Trinajstić information content (AvgIpc) is 3.03. The summed E-state index contributed by atoms with van der Waals surface area (Å²) < 4.78 is 11.3. The zero-order valence-corrected chi connectivity index (χ0v) is 16.3. The molecule has 0 spiro atoms. The van der Waals surface area contributed by atoms with Crippen molar-refractivity contribution in [2.45, 2.75) is 13.8 Å². The summed E-state index contributed by atoms with van der Waals surface area (Å²) in [6.07, 6.45) is 1.74. The Bertz CT molecular complexity index is 1110. The largest absolute Gasteiger partial charge is 0.486 e. The minimum absolute atomic E-state index is 0.0113. The van der Waals surface area contributed by atoms with Gasteiger partial charge < -0.3 is 9.47 Å². The second-order valence-electron chi connectivity index (χ2n) is 7.03. The van der Waals surface area contributed by atoms with E-state index in [2.05, 4.69) is 12.1 Å². The molecule has 4 nitrogen and oxygen atoms in total. The smallest absolute Gasteiger partial charge is 0.232 e. The summed E-state index contributed by atoms with van der Waals surface area (Å²) in [5, 5.41) is 0. The van der Waals surface area contributed by atoms with Gasteiger partial charge >= 0.3 is 0 Å². The highest BCUT2D eigenvalue weighted by atomic mass is 16.5. The molecule has 0 N–H and O–H groups in total. The first kappa shape index (κ1) is 18.7. The average molecular weight is 384 g/mol. The molecular formula is C25H20O4. The molecule has 1 aliphatic heterocycles. The number of ether oxygens (including phenoxy) is 2. The number of rotatable bonds is 5. The van der Waals surface area contributed by atoms with Gasteiger partial charge in [-0.25, -0.2) is 0 Å². The summed E-state index contributed by atoms with van der Waals surface area (Å²) in [7, 11) is 0. The number of hydrogen-bond acceptors (Lipinski definition) is 4. The number of carbonyl (C=O) groups excluding carboxylic acids is 2. The number of hydrogen-bond donors (Lipinski definition) is 0. The van der Waals surface area contributed by atoms with Gasteiger partial charge in [0.1, 0.15) is 18.1 Å². The van der Waals surface area contributed by atoms with Gasteiger partial charge in [-0.3, -0.25) is 9.59 Å². The van der Waals surface area contributed by atoms with E-state index >= 15 is 0 Å². The Hall–Kier alpha value is -3.66. The van der Waals surface area contributed by atoms with Crippen LogP contribution in [0.1, 0.15) is 28.4 Å². The number of carbonyl (C=O) groups is 2. The van der Waals surface area contributed by atoms with Crippen LogP contribution in [0.25, 0.3) is 17.2 Å². The van der Waals surface area contributed by atoms with Crippen LogP contribution in [0.15, 0.2) is 72.5 Å². The van der Waals surface area contributed by atoms with Gasteiger partial charge in [-0.15, -0.1) is 0 Å². The molecule has 0 radical (unpaired) electrons. The van der Waals surface area contributed by atoms with Crippen LogP contribution < -0.4 is 9.47 Å². The van der Waals surface area contributed by atoms with Crippen LogP contribution in [0.3, 0.4) is 0 Å². The maximum Gasteiger partial charge on any atom is 0.232 e. The molecule has 0 unspecified atom stereocenters. The number of Topliss-reactive ketones (excluding diaryl/α,β-unsaturated/α-hetero) is 2. The van der Waals surface area contributed by atoms with Crippen molar-refractivity contribution in [1.82, 2.24) is 0 Å². The SMILES string of the molecule is CC(=O)COc1cc(C)c2c(c1)O/C(=C\c1ccc(-c3ccccc3)cc1)C2=O. The normalized spacial score (nSPS) is 13.9. The number of allylic oxidation sites excluding steroid dienone is 1. The van der Waals surface area contributed by atoms with Crippen molar-refractivity contribution >= 4 is 17.6 Å². The van der Waals surface area contributed by atoms with E-state index in [1.807, 2.05) is 49.4 Å². The van der Waals surface area contributed by atoms with Crippen LogP contribution in [-0.2, 0) is 4.79 Å². The molecule has 0 fully saturated rings. The van der Waals surface area contributed by atoms with E-state index < -0.39 is 0 Å². The molecule has 3 aromatic carbocycles. The highest BCUT2D eigenvalue weighted by Crippen LogP contribution is 2.37. The van der Waals surface area contributed by atoms with E-state index in [-0.39, 0.29) is 23.9 Å². The Balaban J connectivity index is 1.58. The standard InChI is InChI=1S/C25H20O4/c1-16-12-21(28-15-17(2)26)14-22-24(16)25(27)23(29-22)13-18-8-10-20(11-9-18)19-6-4-3-5-7-19/h3-14H,15H2,1-2H3/b23-13-. The maximum absolute atomic E-state index is 12.8. The van der Waals surface area contributed by atoms with Gasteiger partial charge in [0.25, 0.3) is 0 Å². The lowest BCUT2D eigenvalue weighted by molar-refractivity contribution is -0.118. The predicted molar refractivity (Wildman–Crippen MR) is 112 cm³/mol. The first-order valence-electron chi connectivity index (χ1n) is 9.38. The van der Waals surface area contributed by atoms with E-state index in [4.69, 9.17) is 9.47 Å². The topological polar surface area (TPSA) is 52.6 Å². The lowest BCUT2D eigenvalue weighted by Gasteiger charge is -2.07. The van der Waals surface area contributed by atoms with Crippen molar-refractivity contribution in [3.8, 4) is 22.6 Å². The molecule has 3 aromatic rings. The zero-order valence-electron chi connectivity index (χ0n) is 16.3. The fraction of sp³-hybridized carbons (Fsp3) is 0.120. The fourth-order valence-electron chi connectivity index (χ4n) is 3.30. The summed E-state index contributed by atoms with van der Waals surface area (Å²) in [4.78, 5) is 23.9. The lowest BCUT2D eigenvalue weighted by atomic mass is 10.0. The second kappa shape index (κ2) is 7.76. The van der Waals surface area contributed by atoms with Gasteiger partial charge in [-0.2, -0.15) is 0 Å². The third-order valence-electron chi connectivity index (χ3n) is 4.70. The van der Waals surface area contributed by atoms with Crippen molar-refractivity contribution in [2.75, 3.05) is 6.61 Å². The van der Waals surface area contributed by atoms with Gasteiger partial charge in [-0.05, 0) is 48.2 Å². The van der Waals surface area contributed by atoms with Gasteiger partial charge in [0, 0.05) is 6.07 Å². The van der Waals surface area contributed by atoms with Crippen LogP contribution in [0, 0.1) is 6.92 Å². The minimum Gasteiger partial charge on any atom is -0.486 e. The Morgan fingerprint density at radius 1 is 1.00 bits per heavy atom. The van der Waals surface area contributed by atoms with Crippen molar-refractivity contribution in [3.63, 3.8) is 0 Å². The molecule has 0 atom stereocenters. The van der Waals surface area contributed by atoms with Crippen LogP contribution in [0.2, 0.25) is 0 Å². The highest BCUT2D eigenvalue weighted by Gasteiger charge is 2.30. The van der Waals surface area contributed by atoms with E-state index in [0.717, 1.165) is 22.3 Å². The molecule has 29 heavy (non-hydrogen) atoms. The van der Waals surface area contributed by atoms with Crippen LogP contribution in [0.4, 0.5) is 0 Å². The molecule has 0 amide bonds. The molecule has 0 aromatic heterocycles. The summed E-state index contributed by atoms with van der Waals surface area (Å²) >= 11 is 0. The summed E-state index contributed by atoms with van der Waals surface area (Å²) in [6, 6.07) is 21.5. The Morgan fingerprint density at radius 2 is 1.69 bits per heavy atom. The molecule has 4 heteroatoms. The Labute approximate surface area is 169 Å². The van der Waals surface area contributed by atoms with Crippen LogP contribution in [0.5, 0.6) is 11.5 Å². The molecular weight excluding hydrogens is 364 g/mol. The number of benzene rings is 3. The summed E-state index contributed by atoms with van der Waals surface area (Å²) in [5.74, 6) is 1.03. The van der Waals surface area contributed by atoms with Crippen molar-refractivity contribution in [2.24, 2.45) is 0 Å². The van der Waals surface area contributed by atoms with E-state index in [0.29, 0.717) is 17.1 Å². The van der Waals surface area contributed by atoms with Gasteiger partial charge in [0.15, 0.2) is 11.5 Å². The predicted octanol–water partition coefficient (Wildman–Crippen LogP) is 5.25. The first-order valence-corrected chi connectivity index (χ1v) is 9.38. The summed E-state index contributed by atoms with van der Waals surface area (Å²) in [5.41, 5.74) is 4.42. The van der Waals surface area contributed by atoms with Crippen molar-refractivity contribution in [3.05, 3.63) is 89.2 Å². The molecule has 144 valence electrons. The van der Waals surface area contributed by atoms with Crippen molar-refractivity contribution < 1.29 is 19.1 Å². The molecule has 0 aliphatic carbocycles. The third-order valence-corrected chi connectivity index (χ3v) is 4.70. The Kier molecular flexibility index (Phi) is 5.00. The number of fused-ring (bicyclic) bond motifs is 1. The zero-order chi connectivity index (χ0) is 20.4. The number of aryl methyl sites for hydroxylation is 1. The van der Waals surface area contributed by atoms with Crippen LogP contribution in [-0.4, -0.2) is 18.2 Å². The van der Waals surface area contributed by atoms with Gasteiger partial charge in [0.05, 0.1) is 5.56 Å². The molecule has 4 rings (SSSR count). The minimum atomic E-state index is -0.150. The molecule has 1 aliphatic rings. The molecule has 0 saturated heterocycles. The monoisotopic (exact) mass is 384 g/mol. The maximum atomic E-state index is 12.8. The van der Waals surface area contributed by atoms with Gasteiger partial charge in [-0.1, -0.05) is 54.6 Å². The third kappa shape index (κ3) is 3.97. The molecule has 0 saturated carbocycles.